The molecule has 0 bridgehead atoms. The van der Waals surface area contributed by atoms with E-state index in [1.807, 2.05) is 24.3 Å². The van der Waals surface area contributed by atoms with Gasteiger partial charge in [0, 0.05) is 6.42 Å². The van der Waals surface area contributed by atoms with Crippen molar-refractivity contribution in [3.05, 3.63) is 48.0 Å². The maximum atomic E-state index is 11.6. The van der Waals surface area contributed by atoms with E-state index < -0.39 is 0 Å². The Morgan fingerprint density at radius 3 is 2.61 bits per heavy atom. The Labute approximate surface area is 109 Å². The Morgan fingerprint density at radius 1 is 1.44 bits per heavy atom. The van der Waals surface area contributed by atoms with E-state index in [2.05, 4.69) is 18.8 Å². The number of hydrogen-bond acceptors (Lipinski definition) is 2. The fourth-order valence-corrected chi connectivity index (χ4v) is 1.72. The molecule has 18 heavy (non-hydrogen) atoms. The maximum Gasteiger partial charge on any atom is 0.220 e. The molecule has 0 saturated heterocycles. The monoisotopic (exact) mass is 247 g/mol. The average molecular weight is 247 g/mol. The van der Waals surface area contributed by atoms with Crippen LogP contribution in [0.4, 0.5) is 0 Å². The number of rotatable bonds is 7. The summed E-state index contributed by atoms with van der Waals surface area (Å²) in [6, 6.07) is 7.62. The van der Waals surface area contributed by atoms with Gasteiger partial charge < -0.3 is 10.4 Å². The first kappa shape index (κ1) is 14.5. The van der Waals surface area contributed by atoms with E-state index in [9.17, 15) is 9.90 Å². The summed E-state index contributed by atoms with van der Waals surface area (Å²) >= 11 is 0. The highest BCUT2D eigenvalue weighted by molar-refractivity contribution is 5.76. The van der Waals surface area contributed by atoms with Crippen molar-refractivity contribution in [2.24, 2.45) is 0 Å². The van der Waals surface area contributed by atoms with Crippen LogP contribution in [0.5, 0.6) is 0 Å². The highest BCUT2D eigenvalue weighted by atomic mass is 16.3. The Kier molecular flexibility index (Phi) is 6.15. The van der Waals surface area contributed by atoms with E-state index >= 15 is 0 Å². The summed E-state index contributed by atoms with van der Waals surface area (Å²) in [5.74, 6) is -0.0616. The SMILES string of the molecule is C=CCCC(=O)NC(CO)c1ccc(CC)cc1. The van der Waals surface area contributed by atoms with Crippen LogP contribution in [0.25, 0.3) is 0 Å². The molecule has 1 atom stereocenters. The average Bonchev–Trinajstić information content (AvgIpc) is 2.42. The zero-order valence-electron chi connectivity index (χ0n) is 10.9. The molecule has 3 nitrogen and oxygen atoms in total. The molecule has 0 radical (unpaired) electrons. The van der Waals surface area contributed by atoms with Crippen molar-refractivity contribution in [2.75, 3.05) is 6.61 Å². The first-order valence-electron chi connectivity index (χ1n) is 6.31. The summed E-state index contributed by atoms with van der Waals surface area (Å²) in [7, 11) is 0. The van der Waals surface area contributed by atoms with Crippen LogP contribution in [-0.4, -0.2) is 17.6 Å². The second-order valence-corrected chi connectivity index (χ2v) is 4.23. The summed E-state index contributed by atoms with van der Waals surface area (Å²) in [4.78, 5) is 11.6. The molecule has 3 heteroatoms. The third-order valence-corrected chi connectivity index (χ3v) is 2.88. The third-order valence-electron chi connectivity index (χ3n) is 2.88. The van der Waals surface area contributed by atoms with E-state index in [1.54, 1.807) is 6.08 Å². The number of aryl methyl sites for hydroxylation is 1. The standard InChI is InChI=1S/C15H21NO2/c1-3-5-6-15(18)16-14(11-17)13-9-7-12(4-2)8-10-13/h3,7-10,14,17H,1,4-6,11H2,2H3,(H,16,18). The molecule has 1 aromatic carbocycles. The molecule has 0 saturated carbocycles. The topological polar surface area (TPSA) is 49.3 Å². The molecule has 0 spiro atoms. The van der Waals surface area contributed by atoms with E-state index in [-0.39, 0.29) is 18.6 Å². The van der Waals surface area contributed by atoms with Crippen molar-refractivity contribution < 1.29 is 9.90 Å². The van der Waals surface area contributed by atoms with E-state index in [1.165, 1.54) is 5.56 Å². The van der Waals surface area contributed by atoms with Gasteiger partial charge in [-0.1, -0.05) is 37.3 Å². The fourth-order valence-electron chi connectivity index (χ4n) is 1.72. The normalized spacial score (nSPS) is 11.9. The van der Waals surface area contributed by atoms with Crippen LogP contribution in [0.3, 0.4) is 0 Å². The molecular weight excluding hydrogens is 226 g/mol. The van der Waals surface area contributed by atoms with E-state index in [0.29, 0.717) is 12.8 Å². The number of benzene rings is 1. The molecule has 0 aliphatic carbocycles. The molecule has 1 amide bonds. The number of hydrogen-bond donors (Lipinski definition) is 2. The van der Waals surface area contributed by atoms with Crippen LogP contribution in [-0.2, 0) is 11.2 Å². The van der Waals surface area contributed by atoms with Crippen molar-refractivity contribution in [3.8, 4) is 0 Å². The number of aliphatic hydroxyl groups is 1. The van der Waals surface area contributed by atoms with Gasteiger partial charge in [-0.3, -0.25) is 4.79 Å². The molecule has 0 heterocycles. The number of nitrogens with one attached hydrogen (secondary N) is 1. The number of carbonyl (C=O) groups is 1. The molecule has 1 unspecified atom stereocenters. The zero-order valence-corrected chi connectivity index (χ0v) is 10.9. The second kappa shape index (κ2) is 7.67. The minimum atomic E-state index is -0.326. The molecule has 0 aliphatic heterocycles. The van der Waals surface area contributed by atoms with E-state index in [4.69, 9.17) is 0 Å². The van der Waals surface area contributed by atoms with Crippen molar-refractivity contribution in [1.82, 2.24) is 5.32 Å². The van der Waals surface area contributed by atoms with Gasteiger partial charge in [0.2, 0.25) is 5.91 Å². The summed E-state index contributed by atoms with van der Waals surface area (Å²) in [6.07, 6.45) is 3.76. The second-order valence-electron chi connectivity index (χ2n) is 4.23. The molecule has 98 valence electrons. The molecule has 2 N–H and O–H groups in total. The van der Waals surface area contributed by atoms with Crippen LogP contribution in [0.2, 0.25) is 0 Å². The van der Waals surface area contributed by atoms with Crippen molar-refractivity contribution >= 4 is 5.91 Å². The van der Waals surface area contributed by atoms with Gasteiger partial charge in [-0.25, -0.2) is 0 Å². The lowest BCUT2D eigenvalue weighted by Crippen LogP contribution is -2.30. The summed E-state index contributed by atoms with van der Waals surface area (Å²) in [6.45, 7) is 5.58. The third kappa shape index (κ3) is 4.34. The predicted molar refractivity (Wildman–Crippen MR) is 73.2 cm³/mol. The highest BCUT2D eigenvalue weighted by Crippen LogP contribution is 2.14. The molecule has 1 rings (SSSR count). The van der Waals surface area contributed by atoms with Crippen molar-refractivity contribution in [2.45, 2.75) is 32.2 Å². The quantitative estimate of drug-likeness (QED) is 0.727. The molecule has 0 aliphatic rings. The van der Waals surface area contributed by atoms with Gasteiger partial charge in [0.1, 0.15) is 0 Å². The zero-order chi connectivity index (χ0) is 13.4. The maximum absolute atomic E-state index is 11.6. The van der Waals surface area contributed by atoms with Crippen molar-refractivity contribution in [1.29, 1.82) is 0 Å². The van der Waals surface area contributed by atoms with Gasteiger partial charge in [0.05, 0.1) is 12.6 Å². The predicted octanol–water partition coefficient (Wildman–Crippen LogP) is 2.36. The van der Waals surface area contributed by atoms with Crippen LogP contribution < -0.4 is 5.32 Å². The number of amides is 1. The number of carbonyl (C=O) groups excluding carboxylic acids is 1. The van der Waals surface area contributed by atoms with Crippen LogP contribution in [0, 0.1) is 0 Å². The lowest BCUT2D eigenvalue weighted by molar-refractivity contribution is -0.122. The largest absolute Gasteiger partial charge is 0.394 e. The Morgan fingerprint density at radius 2 is 2.11 bits per heavy atom. The van der Waals surface area contributed by atoms with Gasteiger partial charge in [0.15, 0.2) is 0 Å². The van der Waals surface area contributed by atoms with Gasteiger partial charge >= 0.3 is 0 Å². The van der Waals surface area contributed by atoms with E-state index in [0.717, 1.165) is 12.0 Å². The van der Waals surface area contributed by atoms with Gasteiger partial charge in [-0.2, -0.15) is 0 Å². The number of allylic oxidation sites excluding steroid dienone is 1. The van der Waals surface area contributed by atoms with Gasteiger partial charge in [-0.15, -0.1) is 6.58 Å². The smallest absolute Gasteiger partial charge is 0.220 e. The van der Waals surface area contributed by atoms with Crippen LogP contribution in [0.15, 0.2) is 36.9 Å². The highest BCUT2D eigenvalue weighted by Gasteiger charge is 2.12. The minimum Gasteiger partial charge on any atom is -0.394 e. The summed E-state index contributed by atoms with van der Waals surface area (Å²) in [5, 5.41) is 12.2. The van der Waals surface area contributed by atoms with Crippen molar-refractivity contribution in [3.63, 3.8) is 0 Å². The molecule has 0 aromatic heterocycles. The minimum absolute atomic E-state index is 0.0616. The lowest BCUT2D eigenvalue weighted by Gasteiger charge is -2.17. The van der Waals surface area contributed by atoms with Gasteiger partial charge in [0.25, 0.3) is 0 Å². The van der Waals surface area contributed by atoms with Crippen LogP contribution >= 0.6 is 0 Å². The first-order valence-corrected chi connectivity index (χ1v) is 6.31. The Balaban J connectivity index is 2.64. The van der Waals surface area contributed by atoms with Gasteiger partial charge in [-0.05, 0) is 24.0 Å². The number of aliphatic hydroxyl groups excluding tert-OH is 1. The summed E-state index contributed by atoms with van der Waals surface area (Å²) < 4.78 is 0. The summed E-state index contributed by atoms with van der Waals surface area (Å²) in [5.41, 5.74) is 2.18. The molecule has 0 fully saturated rings. The fraction of sp³-hybridized carbons (Fsp3) is 0.400. The molecule has 1 aromatic rings. The first-order chi connectivity index (χ1) is 8.71. The lowest BCUT2D eigenvalue weighted by atomic mass is 10.0. The molecular formula is C15H21NO2. The van der Waals surface area contributed by atoms with Crippen LogP contribution in [0.1, 0.15) is 36.9 Å². The Hall–Kier alpha value is -1.61. The Bertz CT molecular complexity index is 384.